The minimum atomic E-state index is -0.447. The Kier molecular flexibility index (Phi) is 3.88. The lowest BCUT2D eigenvalue weighted by molar-refractivity contribution is -0.384. The zero-order valence-electron chi connectivity index (χ0n) is 11.5. The lowest BCUT2D eigenvalue weighted by Crippen LogP contribution is -2.00. The van der Waals surface area contributed by atoms with Crippen molar-refractivity contribution >= 4 is 17.1 Å². The van der Waals surface area contributed by atoms with Gasteiger partial charge in [-0.25, -0.2) is 0 Å². The summed E-state index contributed by atoms with van der Waals surface area (Å²) >= 11 is 0. The van der Waals surface area contributed by atoms with Crippen LogP contribution in [-0.2, 0) is 0 Å². The first kappa shape index (κ1) is 13.9. The maximum Gasteiger partial charge on any atom is 0.296 e. The number of hydrogen-bond donors (Lipinski definition) is 1. The van der Waals surface area contributed by atoms with Gasteiger partial charge in [-0.1, -0.05) is 0 Å². The average molecular weight is 276 g/mol. The SMILES string of the molecule is COc1ccc(Nc2cnn(C(C)C)c2)c([N+](=O)[O-])c1. The topological polar surface area (TPSA) is 82.2 Å². The third-order valence-electron chi connectivity index (χ3n) is 2.81. The van der Waals surface area contributed by atoms with E-state index in [2.05, 4.69) is 10.4 Å². The van der Waals surface area contributed by atoms with Crippen LogP contribution in [0.2, 0.25) is 0 Å². The van der Waals surface area contributed by atoms with E-state index < -0.39 is 4.92 Å². The summed E-state index contributed by atoms with van der Waals surface area (Å²) in [5, 5.41) is 18.3. The van der Waals surface area contributed by atoms with E-state index in [-0.39, 0.29) is 11.7 Å². The van der Waals surface area contributed by atoms with Gasteiger partial charge >= 0.3 is 0 Å². The minimum Gasteiger partial charge on any atom is -0.496 e. The highest BCUT2D eigenvalue weighted by atomic mass is 16.6. The molecule has 2 rings (SSSR count). The van der Waals surface area contributed by atoms with Crippen LogP contribution in [0.25, 0.3) is 0 Å². The van der Waals surface area contributed by atoms with Gasteiger partial charge in [0.05, 0.1) is 30.0 Å². The Labute approximate surface area is 116 Å². The lowest BCUT2D eigenvalue weighted by Gasteiger charge is -2.07. The Hall–Kier alpha value is -2.57. The highest BCUT2D eigenvalue weighted by Crippen LogP contribution is 2.31. The van der Waals surface area contributed by atoms with Gasteiger partial charge in [-0.15, -0.1) is 0 Å². The molecule has 0 atom stereocenters. The third kappa shape index (κ3) is 2.87. The van der Waals surface area contributed by atoms with Crippen LogP contribution in [0.15, 0.2) is 30.6 Å². The highest BCUT2D eigenvalue weighted by Gasteiger charge is 2.16. The summed E-state index contributed by atoms with van der Waals surface area (Å²) < 4.78 is 6.77. The van der Waals surface area contributed by atoms with Gasteiger partial charge in [-0.05, 0) is 26.0 Å². The van der Waals surface area contributed by atoms with E-state index >= 15 is 0 Å². The number of aromatic nitrogens is 2. The molecule has 0 radical (unpaired) electrons. The first-order chi connectivity index (χ1) is 9.51. The van der Waals surface area contributed by atoms with Crippen molar-refractivity contribution in [2.24, 2.45) is 0 Å². The maximum absolute atomic E-state index is 11.1. The summed E-state index contributed by atoms with van der Waals surface area (Å²) in [7, 11) is 1.47. The van der Waals surface area contributed by atoms with Crippen LogP contribution in [0.3, 0.4) is 0 Å². The second-order valence-corrected chi connectivity index (χ2v) is 4.57. The van der Waals surface area contributed by atoms with Gasteiger partial charge in [0.15, 0.2) is 0 Å². The Bertz CT molecular complexity index is 622. The number of nitrogens with one attached hydrogen (secondary N) is 1. The largest absolute Gasteiger partial charge is 0.496 e. The second-order valence-electron chi connectivity index (χ2n) is 4.57. The molecule has 7 heteroatoms. The van der Waals surface area contributed by atoms with E-state index in [4.69, 9.17) is 4.74 Å². The molecule has 7 nitrogen and oxygen atoms in total. The molecule has 0 aliphatic rings. The first-order valence-corrected chi connectivity index (χ1v) is 6.15. The van der Waals surface area contributed by atoms with Gasteiger partial charge in [0.1, 0.15) is 11.4 Å². The van der Waals surface area contributed by atoms with E-state index in [0.29, 0.717) is 17.1 Å². The smallest absolute Gasteiger partial charge is 0.296 e. The Morgan fingerprint density at radius 3 is 2.75 bits per heavy atom. The molecule has 0 aliphatic carbocycles. The fourth-order valence-electron chi connectivity index (χ4n) is 1.74. The van der Waals surface area contributed by atoms with Gasteiger partial charge in [0.25, 0.3) is 5.69 Å². The number of methoxy groups -OCH3 is 1. The van der Waals surface area contributed by atoms with Gasteiger partial charge in [-0.2, -0.15) is 5.10 Å². The molecule has 0 unspecified atom stereocenters. The molecule has 0 saturated heterocycles. The molecule has 0 aliphatic heterocycles. The van der Waals surface area contributed by atoms with E-state index in [1.807, 2.05) is 13.8 Å². The van der Waals surface area contributed by atoms with Gasteiger partial charge < -0.3 is 10.1 Å². The van der Waals surface area contributed by atoms with Gasteiger partial charge in [-0.3, -0.25) is 14.8 Å². The van der Waals surface area contributed by atoms with Crippen LogP contribution in [0.4, 0.5) is 17.1 Å². The second kappa shape index (κ2) is 5.60. The monoisotopic (exact) mass is 276 g/mol. The van der Waals surface area contributed by atoms with Crippen LogP contribution < -0.4 is 10.1 Å². The highest BCUT2D eigenvalue weighted by molar-refractivity contribution is 5.70. The molecule has 2 aromatic rings. The predicted octanol–water partition coefficient (Wildman–Crippen LogP) is 3.12. The molecular weight excluding hydrogens is 260 g/mol. The van der Waals surface area contributed by atoms with E-state index in [1.54, 1.807) is 29.2 Å². The van der Waals surface area contributed by atoms with Crippen molar-refractivity contribution in [1.29, 1.82) is 0 Å². The molecule has 0 saturated carbocycles. The summed E-state index contributed by atoms with van der Waals surface area (Å²) in [6.45, 7) is 4.01. The Morgan fingerprint density at radius 2 is 2.20 bits per heavy atom. The number of ether oxygens (including phenoxy) is 1. The normalized spacial score (nSPS) is 10.6. The van der Waals surface area contributed by atoms with Crippen molar-refractivity contribution in [3.8, 4) is 5.75 Å². The van der Waals surface area contributed by atoms with Crippen molar-refractivity contribution in [3.63, 3.8) is 0 Å². The third-order valence-corrected chi connectivity index (χ3v) is 2.81. The number of nitro groups is 1. The molecule has 0 fully saturated rings. The number of hydrogen-bond acceptors (Lipinski definition) is 5. The first-order valence-electron chi connectivity index (χ1n) is 6.15. The summed E-state index contributed by atoms with van der Waals surface area (Å²) in [5.41, 5.74) is 1.06. The average Bonchev–Trinajstić information content (AvgIpc) is 2.87. The molecule has 1 N–H and O–H groups in total. The summed E-state index contributed by atoms with van der Waals surface area (Å²) in [6, 6.07) is 4.90. The molecule has 106 valence electrons. The standard InChI is InChI=1S/C13H16N4O3/c1-9(2)16-8-10(7-14-16)15-12-5-4-11(20-3)6-13(12)17(18)19/h4-9,15H,1-3H3. The van der Waals surface area contributed by atoms with E-state index in [0.717, 1.165) is 0 Å². The fourth-order valence-corrected chi connectivity index (χ4v) is 1.74. The minimum absolute atomic E-state index is 0.0401. The van der Waals surface area contributed by atoms with Crippen molar-refractivity contribution < 1.29 is 9.66 Å². The van der Waals surface area contributed by atoms with Gasteiger partial charge in [0.2, 0.25) is 0 Å². The lowest BCUT2D eigenvalue weighted by atomic mass is 10.2. The molecule has 1 aromatic heterocycles. The Morgan fingerprint density at radius 1 is 1.45 bits per heavy atom. The van der Waals surface area contributed by atoms with E-state index in [9.17, 15) is 10.1 Å². The summed E-state index contributed by atoms with van der Waals surface area (Å²) in [4.78, 5) is 10.6. The number of benzene rings is 1. The van der Waals surface area contributed by atoms with Crippen LogP contribution in [-0.4, -0.2) is 21.8 Å². The number of nitrogens with zero attached hydrogens (tertiary/aromatic N) is 3. The molecule has 1 heterocycles. The van der Waals surface area contributed by atoms with Crippen molar-refractivity contribution in [3.05, 3.63) is 40.7 Å². The van der Waals surface area contributed by atoms with Crippen LogP contribution in [0, 0.1) is 10.1 Å². The zero-order valence-corrected chi connectivity index (χ0v) is 11.5. The molecule has 1 aromatic carbocycles. The number of nitro benzene ring substituents is 1. The van der Waals surface area contributed by atoms with Crippen LogP contribution in [0.1, 0.15) is 19.9 Å². The molecule has 0 spiro atoms. The molecule has 0 bridgehead atoms. The molecule has 0 amide bonds. The maximum atomic E-state index is 11.1. The van der Waals surface area contributed by atoms with Crippen molar-refractivity contribution in [1.82, 2.24) is 9.78 Å². The van der Waals surface area contributed by atoms with E-state index in [1.165, 1.54) is 13.2 Å². The van der Waals surface area contributed by atoms with Gasteiger partial charge in [0, 0.05) is 12.2 Å². The predicted molar refractivity (Wildman–Crippen MR) is 75.5 cm³/mol. The van der Waals surface area contributed by atoms with Crippen LogP contribution in [0.5, 0.6) is 5.75 Å². The summed E-state index contributed by atoms with van der Waals surface area (Å²) in [5.74, 6) is 0.445. The summed E-state index contributed by atoms with van der Waals surface area (Å²) in [6.07, 6.45) is 3.44. The number of rotatable bonds is 5. The van der Waals surface area contributed by atoms with Crippen molar-refractivity contribution in [2.45, 2.75) is 19.9 Å². The fraction of sp³-hybridized carbons (Fsp3) is 0.308. The molecular formula is C13H16N4O3. The number of anilines is 2. The molecule has 20 heavy (non-hydrogen) atoms. The Balaban J connectivity index is 2.30. The quantitative estimate of drug-likeness (QED) is 0.670. The van der Waals surface area contributed by atoms with Crippen LogP contribution >= 0.6 is 0 Å². The van der Waals surface area contributed by atoms with Crippen molar-refractivity contribution in [2.75, 3.05) is 12.4 Å². The zero-order chi connectivity index (χ0) is 14.7.